The zero-order valence-corrected chi connectivity index (χ0v) is 8.22. The summed E-state index contributed by atoms with van der Waals surface area (Å²) in [5, 5.41) is 8.93. The SMILES string of the molecule is O=C(O)c1c(F)ccnc1-c1ccccc1. The maximum atomic E-state index is 13.4. The lowest BCUT2D eigenvalue weighted by molar-refractivity contribution is 0.0692. The summed E-state index contributed by atoms with van der Waals surface area (Å²) in [6.45, 7) is 0. The third kappa shape index (κ3) is 1.77. The summed E-state index contributed by atoms with van der Waals surface area (Å²) in [5.74, 6) is -2.09. The van der Waals surface area contributed by atoms with E-state index in [2.05, 4.69) is 4.98 Å². The summed E-state index contributed by atoms with van der Waals surface area (Å²) in [5.41, 5.74) is 0.334. The van der Waals surface area contributed by atoms with Crippen molar-refractivity contribution in [1.29, 1.82) is 0 Å². The molecule has 0 unspecified atom stereocenters. The topological polar surface area (TPSA) is 50.2 Å². The Hall–Kier alpha value is -2.23. The van der Waals surface area contributed by atoms with E-state index in [1.807, 2.05) is 0 Å². The number of carbonyl (C=O) groups is 1. The number of carboxylic acid groups (broad SMARTS) is 1. The summed E-state index contributed by atoms with van der Waals surface area (Å²) in [7, 11) is 0. The van der Waals surface area contributed by atoms with Crippen LogP contribution in [0.15, 0.2) is 42.6 Å². The molecule has 0 amide bonds. The molecule has 1 heterocycles. The predicted octanol–water partition coefficient (Wildman–Crippen LogP) is 2.59. The van der Waals surface area contributed by atoms with Gasteiger partial charge in [0.25, 0.3) is 0 Å². The van der Waals surface area contributed by atoms with E-state index in [0.717, 1.165) is 6.07 Å². The van der Waals surface area contributed by atoms with Crippen molar-refractivity contribution >= 4 is 5.97 Å². The number of halogens is 1. The monoisotopic (exact) mass is 217 g/mol. The Balaban J connectivity index is 2.66. The normalized spacial score (nSPS) is 10.1. The van der Waals surface area contributed by atoms with Crippen molar-refractivity contribution in [2.75, 3.05) is 0 Å². The Kier molecular flexibility index (Phi) is 2.64. The summed E-state index contributed by atoms with van der Waals surface area (Å²) in [6, 6.07) is 9.70. The fourth-order valence-electron chi connectivity index (χ4n) is 1.46. The van der Waals surface area contributed by atoms with E-state index in [1.165, 1.54) is 6.20 Å². The van der Waals surface area contributed by atoms with Crippen molar-refractivity contribution in [3.05, 3.63) is 54.0 Å². The first kappa shape index (κ1) is 10.3. The molecule has 0 spiro atoms. The van der Waals surface area contributed by atoms with Gasteiger partial charge < -0.3 is 5.11 Å². The van der Waals surface area contributed by atoms with Crippen molar-refractivity contribution in [2.24, 2.45) is 0 Å². The standard InChI is InChI=1S/C12H8FNO2/c13-9-6-7-14-11(10(9)12(15)16)8-4-2-1-3-5-8/h1-7H,(H,15,16). The molecule has 3 nitrogen and oxygen atoms in total. The lowest BCUT2D eigenvalue weighted by Crippen LogP contribution is -2.05. The second kappa shape index (κ2) is 4.10. The molecule has 16 heavy (non-hydrogen) atoms. The molecule has 4 heteroatoms. The molecule has 1 N–H and O–H groups in total. The third-order valence-electron chi connectivity index (χ3n) is 2.16. The van der Waals surface area contributed by atoms with Crippen LogP contribution in [0.2, 0.25) is 0 Å². The maximum absolute atomic E-state index is 13.4. The number of nitrogens with zero attached hydrogens (tertiary/aromatic N) is 1. The predicted molar refractivity (Wildman–Crippen MR) is 56.6 cm³/mol. The van der Waals surface area contributed by atoms with E-state index in [9.17, 15) is 9.18 Å². The molecule has 0 saturated carbocycles. The van der Waals surface area contributed by atoms with Gasteiger partial charge in [0.2, 0.25) is 0 Å². The number of aromatic carboxylic acids is 1. The molecule has 0 radical (unpaired) electrons. The summed E-state index contributed by atoms with van der Waals surface area (Å²) >= 11 is 0. The maximum Gasteiger partial charge on any atom is 0.340 e. The highest BCUT2D eigenvalue weighted by molar-refractivity contribution is 5.94. The van der Waals surface area contributed by atoms with Crippen LogP contribution < -0.4 is 0 Å². The molecule has 0 fully saturated rings. The van der Waals surface area contributed by atoms with Crippen LogP contribution in [0, 0.1) is 5.82 Å². The van der Waals surface area contributed by atoms with Gasteiger partial charge in [-0.2, -0.15) is 0 Å². The van der Waals surface area contributed by atoms with Gasteiger partial charge in [0.05, 0.1) is 5.69 Å². The minimum atomic E-state index is -1.32. The number of benzene rings is 1. The third-order valence-corrected chi connectivity index (χ3v) is 2.16. The molecule has 2 aromatic rings. The largest absolute Gasteiger partial charge is 0.478 e. The van der Waals surface area contributed by atoms with Crippen LogP contribution in [0.1, 0.15) is 10.4 Å². The first-order valence-corrected chi connectivity index (χ1v) is 4.63. The first-order valence-electron chi connectivity index (χ1n) is 4.63. The fraction of sp³-hybridized carbons (Fsp3) is 0. The summed E-state index contributed by atoms with van der Waals surface area (Å²) in [4.78, 5) is 14.8. The quantitative estimate of drug-likeness (QED) is 0.841. The zero-order valence-electron chi connectivity index (χ0n) is 8.22. The summed E-state index contributed by atoms with van der Waals surface area (Å²) < 4.78 is 13.4. The van der Waals surface area contributed by atoms with Gasteiger partial charge in [-0.15, -0.1) is 0 Å². The molecule has 0 bridgehead atoms. The molecule has 80 valence electrons. The van der Waals surface area contributed by atoms with Crippen LogP contribution in [-0.4, -0.2) is 16.1 Å². The highest BCUT2D eigenvalue weighted by Gasteiger charge is 2.17. The van der Waals surface area contributed by atoms with Crippen LogP contribution >= 0.6 is 0 Å². The average Bonchev–Trinajstić information content (AvgIpc) is 2.29. The van der Waals surface area contributed by atoms with Gasteiger partial charge in [0.1, 0.15) is 11.4 Å². The van der Waals surface area contributed by atoms with E-state index in [0.29, 0.717) is 5.56 Å². The second-order valence-electron chi connectivity index (χ2n) is 3.19. The van der Waals surface area contributed by atoms with Crippen LogP contribution in [0.4, 0.5) is 4.39 Å². The number of carboxylic acids is 1. The first-order chi connectivity index (χ1) is 7.70. The van der Waals surface area contributed by atoms with E-state index in [-0.39, 0.29) is 5.69 Å². The van der Waals surface area contributed by atoms with Crippen molar-refractivity contribution in [1.82, 2.24) is 4.98 Å². The molecular weight excluding hydrogens is 209 g/mol. The van der Waals surface area contributed by atoms with Crippen LogP contribution in [0.5, 0.6) is 0 Å². The number of hydrogen-bond donors (Lipinski definition) is 1. The van der Waals surface area contributed by atoms with Gasteiger partial charge in [-0.3, -0.25) is 4.98 Å². The average molecular weight is 217 g/mol. The number of rotatable bonds is 2. The lowest BCUT2D eigenvalue weighted by atomic mass is 10.1. The van der Waals surface area contributed by atoms with Crippen LogP contribution in [0.3, 0.4) is 0 Å². The summed E-state index contributed by atoms with van der Waals surface area (Å²) in [6.07, 6.45) is 1.25. The van der Waals surface area contributed by atoms with Crippen molar-refractivity contribution < 1.29 is 14.3 Å². The molecule has 0 saturated heterocycles. The van der Waals surface area contributed by atoms with Crippen LogP contribution in [-0.2, 0) is 0 Å². The van der Waals surface area contributed by atoms with E-state index < -0.39 is 17.3 Å². The Morgan fingerprint density at radius 2 is 1.88 bits per heavy atom. The molecule has 0 atom stereocenters. The zero-order chi connectivity index (χ0) is 11.5. The van der Waals surface area contributed by atoms with Gasteiger partial charge in [-0.05, 0) is 6.07 Å². The Bertz CT molecular complexity index is 526. The van der Waals surface area contributed by atoms with Crippen molar-refractivity contribution in [3.63, 3.8) is 0 Å². The molecule has 1 aromatic heterocycles. The Morgan fingerprint density at radius 3 is 2.50 bits per heavy atom. The highest BCUT2D eigenvalue weighted by atomic mass is 19.1. The smallest absolute Gasteiger partial charge is 0.340 e. The number of hydrogen-bond acceptors (Lipinski definition) is 2. The number of pyridine rings is 1. The van der Waals surface area contributed by atoms with Gasteiger partial charge >= 0.3 is 5.97 Å². The Labute approximate surface area is 91.2 Å². The van der Waals surface area contributed by atoms with Gasteiger partial charge in [0, 0.05) is 11.8 Å². The molecule has 0 aliphatic heterocycles. The Morgan fingerprint density at radius 1 is 1.19 bits per heavy atom. The van der Waals surface area contributed by atoms with Crippen LogP contribution in [0.25, 0.3) is 11.3 Å². The van der Waals surface area contributed by atoms with Gasteiger partial charge in [-0.25, -0.2) is 9.18 Å². The minimum absolute atomic E-state index is 0.146. The molecule has 2 rings (SSSR count). The van der Waals surface area contributed by atoms with Crippen molar-refractivity contribution in [3.8, 4) is 11.3 Å². The van der Waals surface area contributed by atoms with Gasteiger partial charge in [-0.1, -0.05) is 30.3 Å². The van der Waals surface area contributed by atoms with E-state index in [1.54, 1.807) is 30.3 Å². The highest BCUT2D eigenvalue weighted by Crippen LogP contribution is 2.22. The number of aromatic nitrogens is 1. The molecular formula is C12H8FNO2. The van der Waals surface area contributed by atoms with E-state index >= 15 is 0 Å². The van der Waals surface area contributed by atoms with Gasteiger partial charge in [0.15, 0.2) is 0 Å². The minimum Gasteiger partial charge on any atom is -0.478 e. The second-order valence-corrected chi connectivity index (χ2v) is 3.19. The molecule has 0 aliphatic rings. The van der Waals surface area contributed by atoms with E-state index in [4.69, 9.17) is 5.11 Å². The fourth-order valence-corrected chi connectivity index (χ4v) is 1.46. The molecule has 1 aromatic carbocycles. The molecule has 0 aliphatic carbocycles. The van der Waals surface area contributed by atoms with Crippen molar-refractivity contribution in [2.45, 2.75) is 0 Å². The lowest BCUT2D eigenvalue weighted by Gasteiger charge is -2.05.